The van der Waals surface area contributed by atoms with Crippen molar-refractivity contribution in [3.8, 4) is 17.2 Å². The number of rotatable bonds is 7. The van der Waals surface area contributed by atoms with E-state index in [1.165, 1.54) is 19.2 Å². The number of hydrogen-bond donors (Lipinski definition) is 6. The van der Waals surface area contributed by atoms with Gasteiger partial charge in [-0.05, 0) is 6.07 Å². The number of benzene rings is 2. The maximum absolute atomic E-state index is 13.0. The minimum Gasteiger partial charge on any atom is -0.507 e. The number of methoxy groups -OCH3 is 1. The first kappa shape index (κ1) is 27.7. The predicted molar refractivity (Wildman–Crippen MR) is 128 cm³/mol. The number of carbonyl (C=O) groups excluding carboxylic acids is 4. The molecule has 0 heterocycles. The molecule has 2 aromatic rings. The number of ether oxygens (including phenoxy) is 2. The smallest absolute Gasteiger partial charge is 0.246 e. The minimum atomic E-state index is -1.26. The Balaban J connectivity index is 0.000000295. The molecule has 2 aliphatic rings. The third kappa shape index (κ3) is 5.47. The summed E-state index contributed by atoms with van der Waals surface area (Å²) in [7, 11) is 1.36. The number of aromatic hydroxyl groups is 2. The Morgan fingerprint density at radius 3 is 2.49 bits per heavy atom. The fourth-order valence-electron chi connectivity index (χ4n) is 4.34. The van der Waals surface area contributed by atoms with Crippen LogP contribution < -0.4 is 15.8 Å². The SMILES string of the molecule is COc1cccc2c1C(=O)c1c(O)c3c(c(O)c1C2=O)CC(O)CC3O.NCCNC(=O)COCC=O. The highest BCUT2D eigenvalue weighted by molar-refractivity contribution is 6.31. The van der Waals surface area contributed by atoms with Crippen LogP contribution in [-0.4, -0.2) is 83.7 Å². The van der Waals surface area contributed by atoms with Crippen LogP contribution in [0.4, 0.5) is 0 Å². The van der Waals surface area contributed by atoms with Crippen LogP contribution in [0.3, 0.4) is 0 Å². The van der Waals surface area contributed by atoms with Gasteiger partial charge in [-0.2, -0.15) is 0 Å². The highest BCUT2D eigenvalue weighted by atomic mass is 16.5. The molecule has 12 nitrogen and oxygen atoms in total. The molecule has 0 aromatic heterocycles. The normalized spacial score (nSPS) is 17.5. The molecule has 0 radical (unpaired) electrons. The number of aldehydes is 1. The summed E-state index contributed by atoms with van der Waals surface area (Å²) >= 11 is 0. The van der Waals surface area contributed by atoms with Gasteiger partial charge in [-0.15, -0.1) is 0 Å². The quantitative estimate of drug-likeness (QED) is 0.134. The summed E-state index contributed by atoms with van der Waals surface area (Å²) in [5, 5.41) is 43.9. The Hall–Kier alpha value is -3.84. The van der Waals surface area contributed by atoms with Crippen LogP contribution in [0, 0.1) is 0 Å². The van der Waals surface area contributed by atoms with E-state index in [9.17, 15) is 39.6 Å². The average molecular weight is 517 g/mol. The van der Waals surface area contributed by atoms with Gasteiger partial charge in [0.2, 0.25) is 11.7 Å². The highest BCUT2D eigenvalue weighted by Crippen LogP contribution is 2.49. The molecular formula is C25H28N2O10. The van der Waals surface area contributed by atoms with Gasteiger partial charge in [-0.1, -0.05) is 12.1 Å². The lowest BCUT2D eigenvalue weighted by atomic mass is 9.76. The Morgan fingerprint density at radius 1 is 1.14 bits per heavy atom. The van der Waals surface area contributed by atoms with E-state index in [0.717, 1.165) is 0 Å². The van der Waals surface area contributed by atoms with E-state index < -0.39 is 35.3 Å². The molecule has 0 aliphatic heterocycles. The Morgan fingerprint density at radius 2 is 1.84 bits per heavy atom. The summed E-state index contributed by atoms with van der Waals surface area (Å²) in [5.74, 6) is -2.39. The fraction of sp³-hybridized carbons (Fsp3) is 0.360. The molecule has 2 unspecified atom stereocenters. The number of nitrogens with two attached hydrogens (primary N) is 1. The first-order valence-corrected chi connectivity index (χ1v) is 11.4. The second kappa shape index (κ2) is 11.9. The van der Waals surface area contributed by atoms with E-state index in [4.69, 9.17) is 10.5 Å². The standard InChI is InChI=1S/C19H16O7.C6H12N2O3/c1-26-11-4-2-3-8-13(11)19(25)15-14(16(8)22)17(23)9-5-7(20)6-10(21)12(9)18(15)24;7-1-2-8-6(10)5-11-4-3-9/h2-4,7,10,20-21,23-24H,5-6H2,1H3;3H,1-2,4-5,7H2,(H,8,10). The van der Waals surface area contributed by atoms with Gasteiger partial charge < -0.3 is 45.7 Å². The lowest BCUT2D eigenvalue weighted by Gasteiger charge is -2.30. The van der Waals surface area contributed by atoms with Crippen LogP contribution >= 0.6 is 0 Å². The number of ketones is 2. The Kier molecular flexibility index (Phi) is 8.95. The molecule has 37 heavy (non-hydrogen) atoms. The molecule has 2 aromatic carbocycles. The number of amides is 1. The predicted octanol–water partition coefficient (Wildman–Crippen LogP) is -0.501. The van der Waals surface area contributed by atoms with Crippen molar-refractivity contribution >= 4 is 23.8 Å². The summed E-state index contributed by atoms with van der Waals surface area (Å²) in [4.78, 5) is 46.4. The zero-order chi connectivity index (χ0) is 27.3. The van der Waals surface area contributed by atoms with Crippen molar-refractivity contribution in [1.82, 2.24) is 5.32 Å². The van der Waals surface area contributed by atoms with Crippen molar-refractivity contribution in [3.63, 3.8) is 0 Å². The highest BCUT2D eigenvalue weighted by Gasteiger charge is 2.41. The maximum Gasteiger partial charge on any atom is 0.246 e. The largest absolute Gasteiger partial charge is 0.507 e. The van der Waals surface area contributed by atoms with Crippen molar-refractivity contribution in [2.45, 2.75) is 25.0 Å². The summed E-state index contributed by atoms with van der Waals surface area (Å²) < 4.78 is 9.79. The van der Waals surface area contributed by atoms with Crippen molar-refractivity contribution in [3.05, 3.63) is 51.6 Å². The van der Waals surface area contributed by atoms with E-state index in [2.05, 4.69) is 10.1 Å². The van der Waals surface area contributed by atoms with Gasteiger partial charge in [0, 0.05) is 42.6 Å². The van der Waals surface area contributed by atoms with Gasteiger partial charge in [0.05, 0.1) is 36.0 Å². The summed E-state index contributed by atoms with van der Waals surface area (Å²) in [6, 6.07) is 4.52. The van der Waals surface area contributed by atoms with Crippen molar-refractivity contribution in [1.29, 1.82) is 0 Å². The van der Waals surface area contributed by atoms with Gasteiger partial charge in [0.15, 0.2) is 5.78 Å². The Bertz CT molecular complexity index is 1230. The lowest BCUT2D eigenvalue weighted by Crippen LogP contribution is -2.32. The number of fused-ring (bicyclic) bond motifs is 3. The van der Waals surface area contributed by atoms with Crippen molar-refractivity contribution in [2.75, 3.05) is 33.4 Å². The first-order chi connectivity index (χ1) is 17.7. The topological polar surface area (TPSA) is 206 Å². The van der Waals surface area contributed by atoms with Gasteiger partial charge in [-0.25, -0.2) is 0 Å². The molecule has 0 bridgehead atoms. The number of hydrogen-bond acceptors (Lipinski definition) is 11. The van der Waals surface area contributed by atoms with Gasteiger partial charge in [0.25, 0.3) is 0 Å². The van der Waals surface area contributed by atoms with E-state index in [0.29, 0.717) is 19.4 Å². The molecule has 0 spiro atoms. The van der Waals surface area contributed by atoms with E-state index in [-0.39, 0.29) is 71.1 Å². The van der Waals surface area contributed by atoms with Crippen LogP contribution in [0.15, 0.2) is 18.2 Å². The first-order valence-electron chi connectivity index (χ1n) is 11.4. The summed E-state index contributed by atoms with van der Waals surface area (Å²) in [6.07, 6.45) is -1.67. The number of carbonyl (C=O) groups is 4. The minimum absolute atomic E-state index is 0.00693. The van der Waals surface area contributed by atoms with Crippen LogP contribution in [0.5, 0.6) is 17.2 Å². The second-order valence-electron chi connectivity index (χ2n) is 8.31. The molecule has 4 rings (SSSR count). The maximum atomic E-state index is 13.0. The number of phenolic OH excluding ortho intramolecular Hbond substituents is 2. The molecular weight excluding hydrogens is 488 g/mol. The summed E-state index contributed by atoms with van der Waals surface area (Å²) in [5.41, 5.74) is 4.59. The van der Waals surface area contributed by atoms with Gasteiger partial charge in [0.1, 0.15) is 36.7 Å². The van der Waals surface area contributed by atoms with E-state index in [1.807, 2.05) is 0 Å². The van der Waals surface area contributed by atoms with E-state index in [1.54, 1.807) is 6.07 Å². The Labute approximate surface area is 211 Å². The molecule has 198 valence electrons. The molecule has 0 saturated carbocycles. The zero-order valence-corrected chi connectivity index (χ0v) is 20.0. The monoisotopic (exact) mass is 516 g/mol. The third-order valence-electron chi connectivity index (χ3n) is 5.92. The molecule has 12 heteroatoms. The van der Waals surface area contributed by atoms with Crippen molar-refractivity contribution < 1.29 is 49.1 Å². The lowest BCUT2D eigenvalue weighted by molar-refractivity contribution is -0.126. The van der Waals surface area contributed by atoms with Gasteiger partial charge >= 0.3 is 0 Å². The van der Waals surface area contributed by atoms with Crippen LogP contribution in [-0.2, 0) is 20.7 Å². The molecule has 1 amide bonds. The number of nitrogens with one attached hydrogen (secondary N) is 1. The second-order valence-corrected chi connectivity index (χ2v) is 8.31. The average Bonchev–Trinajstić information content (AvgIpc) is 2.87. The molecule has 0 saturated heterocycles. The van der Waals surface area contributed by atoms with Gasteiger partial charge in [-0.3, -0.25) is 14.4 Å². The van der Waals surface area contributed by atoms with Crippen LogP contribution in [0.2, 0.25) is 0 Å². The van der Waals surface area contributed by atoms with Crippen molar-refractivity contribution in [2.24, 2.45) is 5.73 Å². The van der Waals surface area contributed by atoms with Crippen LogP contribution in [0.1, 0.15) is 55.5 Å². The molecule has 2 atom stereocenters. The molecule has 7 N–H and O–H groups in total. The zero-order valence-electron chi connectivity index (χ0n) is 20.0. The van der Waals surface area contributed by atoms with E-state index >= 15 is 0 Å². The molecule has 2 aliphatic carbocycles. The third-order valence-corrected chi connectivity index (χ3v) is 5.92. The summed E-state index contributed by atoms with van der Waals surface area (Å²) in [6.45, 7) is 0.706. The number of aliphatic hydroxyl groups excluding tert-OH is 2. The number of phenols is 2. The fourth-order valence-corrected chi connectivity index (χ4v) is 4.34. The molecule has 0 fully saturated rings. The van der Waals surface area contributed by atoms with Crippen LogP contribution in [0.25, 0.3) is 0 Å². The number of aliphatic hydroxyl groups is 2.